The van der Waals surface area contributed by atoms with Crippen LogP contribution in [-0.2, 0) is 9.59 Å². The van der Waals surface area contributed by atoms with Crippen LogP contribution in [-0.4, -0.2) is 58.0 Å². The molecule has 2 amide bonds. The number of likely N-dealkylation sites (tertiary alicyclic amines) is 2. The number of nitrogens with zero attached hydrogens (tertiary/aromatic N) is 2. The first-order chi connectivity index (χ1) is 8.80. The van der Waals surface area contributed by atoms with Crippen molar-refractivity contribution in [2.75, 3.05) is 19.6 Å². The third-order valence-corrected chi connectivity index (χ3v) is 4.12. The molecule has 1 N–H and O–H groups in total. The number of piperidine rings is 1. The summed E-state index contributed by atoms with van der Waals surface area (Å²) in [6.07, 6.45) is 1.88. The van der Waals surface area contributed by atoms with Crippen LogP contribution < -0.4 is 0 Å². The fraction of sp³-hybridized carbons (Fsp3) is 0.857. The topological polar surface area (TPSA) is 60.9 Å². The molecule has 2 unspecified atom stereocenters. The number of aliphatic hydroxyl groups is 1. The second-order valence-corrected chi connectivity index (χ2v) is 6.40. The number of β-amino-alcohol motifs (C(OH)–C–C–N with tert-alkyl or cyclic N) is 1. The van der Waals surface area contributed by atoms with Crippen molar-refractivity contribution >= 4 is 11.8 Å². The number of hydrogen-bond acceptors (Lipinski definition) is 3. The highest BCUT2D eigenvalue weighted by molar-refractivity contribution is 5.89. The van der Waals surface area contributed by atoms with Crippen LogP contribution >= 0.6 is 0 Å². The lowest BCUT2D eigenvalue weighted by atomic mass is 9.94. The maximum absolute atomic E-state index is 12.4. The summed E-state index contributed by atoms with van der Waals surface area (Å²) in [5, 5.41) is 10.1. The summed E-state index contributed by atoms with van der Waals surface area (Å²) in [4.78, 5) is 27.8. The highest BCUT2D eigenvalue weighted by atomic mass is 16.3. The lowest BCUT2D eigenvalue weighted by molar-refractivity contribution is -0.141. The zero-order chi connectivity index (χ0) is 14.2. The van der Waals surface area contributed by atoms with Gasteiger partial charge in [-0.2, -0.15) is 0 Å². The van der Waals surface area contributed by atoms with Gasteiger partial charge in [-0.3, -0.25) is 9.59 Å². The Kier molecular flexibility index (Phi) is 3.85. The van der Waals surface area contributed by atoms with Crippen LogP contribution in [0.1, 0.15) is 40.0 Å². The van der Waals surface area contributed by atoms with Crippen LogP contribution in [0.2, 0.25) is 0 Å². The Morgan fingerprint density at radius 3 is 2.68 bits per heavy atom. The number of amides is 2. The van der Waals surface area contributed by atoms with E-state index in [0.717, 1.165) is 12.8 Å². The third-order valence-electron chi connectivity index (χ3n) is 4.12. The average Bonchev–Trinajstić information content (AvgIpc) is 2.69. The Morgan fingerprint density at radius 2 is 2.16 bits per heavy atom. The van der Waals surface area contributed by atoms with Crippen molar-refractivity contribution in [1.29, 1.82) is 0 Å². The maximum Gasteiger partial charge on any atom is 0.228 e. The standard InChI is InChI=1S/C14H24N2O3/c1-10(2)16-8-11(7-12(16)17)13(18)15-6-4-5-14(3,19)9-15/h10-11,19H,4-9H2,1-3H3. The van der Waals surface area contributed by atoms with Gasteiger partial charge in [0.25, 0.3) is 0 Å². The van der Waals surface area contributed by atoms with E-state index in [2.05, 4.69) is 0 Å². The van der Waals surface area contributed by atoms with Gasteiger partial charge in [0.2, 0.25) is 11.8 Å². The molecule has 0 saturated carbocycles. The van der Waals surface area contributed by atoms with Crippen molar-refractivity contribution in [3.8, 4) is 0 Å². The normalized spacial score (nSPS) is 32.3. The van der Waals surface area contributed by atoms with Crippen LogP contribution in [0.5, 0.6) is 0 Å². The molecule has 0 aliphatic carbocycles. The van der Waals surface area contributed by atoms with Crippen molar-refractivity contribution in [2.45, 2.75) is 51.7 Å². The quantitative estimate of drug-likeness (QED) is 0.798. The van der Waals surface area contributed by atoms with Crippen molar-refractivity contribution < 1.29 is 14.7 Å². The maximum atomic E-state index is 12.4. The molecule has 0 aromatic heterocycles. The number of carbonyl (C=O) groups is 2. The van der Waals surface area contributed by atoms with Gasteiger partial charge in [0, 0.05) is 32.1 Å². The predicted octanol–water partition coefficient (Wildman–Crippen LogP) is 0.617. The molecule has 0 radical (unpaired) electrons. The molecule has 2 aliphatic rings. The summed E-state index contributed by atoms with van der Waals surface area (Å²) in [6, 6.07) is 0.148. The van der Waals surface area contributed by atoms with E-state index < -0.39 is 5.60 Å². The summed E-state index contributed by atoms with van der Waals surface area (Å²) in [6.45, 7) is 7.31. The lowest BCUT2D eigenvalue weighted by Gasteiger charge is -2.38. The Bertz CT molecular complexity index is 379. The van der Waals surface area contributed by atoms with Gasteiger partial charge in [0.05, 0.1) is 11.5 Å². The first kappa shape index (κ1) is 14.3. The molecule has 19 heavy (non-hydrogen) atoms. The van der Waals surface area contributed by atoms with Gasteiger partial charge in [-0.1, -0.05) is 0 Å². The Hall–Kier alpha value is -1.10. The molecular formula is C14H24N2O3. The summed E-state index contributed by atoms with van der Waals surface area (Å²) in [5.74, 6) is -0.141. The summed E-state index contributed by atoms with van der Waals surface area (Å²) in [7, 11) is 0. The molecule has 0 bridgehead atoms. The smallest absolute Gasteiger partial charge is 0.228 e. The summed E-state index contributed by atoms with van der Waals surface area (Å²) in [5.41, 5.74) is -0.783. The van der Waals surface area contributed by atoms with Gasteiger partial charge >= 0.3 is 0 Å². The molecule has 2 aliphatic heterocycles. The van der Waals surface area contributed by atoms with E-state index in [-0.39, 0.29) is 23.8 Å². The number of carbonyl (C=O) groups excluding carboxylic acids is 2. The molecule has 2 atom stereocenters. The molecule has 0 spiro atoms. The van der Waals surface area contributed by atoms with Crippen molar-refractivity contribution in [3.63, 3.8) is 0 Å². The Morgan fingerprint density at radius 1 is 1.47 bits per heavy atom. The van der Waals surface area contributed by atoms with E-state index in [9.17, 15) is 14.7 Å². The van der Waals surface area contributed by atoms with Gasteiger partial charge < -0.3 is 14.9 Å². The van der Waals surface area contributed by atoms with E-state index in [1.807, 2.05) is 13.8 Å². The van der Waals surface area contributed by atoms with E-state index in [0.29, 0.717) is 26.1 Å². The largest absolute Gasteiger partial charge is 0.388 e. The molecule has 0 aromatic carbocycles. The van der Waals surface area contributed by atoms with Gasteiger partial charge in [0.1, 0.15) is 0 Å². The minimum atomic E-state index is -0.783. The van der Waals surface area contributed by atoms with Gasteiger partial charge in [-0.25, -0.2) is 0 Å². The zero-order valence-electron chi connectivity index (χ0n) is 12.1. The monoisotopic (exact) mass is 268 g/mol. The first-order valence-corrected chi connectivity index (χ1v) is 7.11. The summed E-state index contributed by atoms with van der Waals surface area (Å²) >= 11 is 0. The van der Waals surface area contributed by atoms with E-state index in [4.69, 9.17) is 0 Å². The third kappa shape index (κ3) is 3.08. The first-order valence-electron chi connectivity index (χ1n) is 7.11. The zero-order valence-corrected chi connectivity index (χ0v) is 12.1. The summed E-state index contributed by atoms with van der Waals surface area (Å²) < 4.78 is 0. The SMILES string of the molecule is CC(C)N1CC(C(=O)N2CCCC(C)(O)C2)CC1=O. The second-order valence-electron chi connectivity index (χ2n) is 6.40. The molecule has 2 saturated heterocycles. The van der Waals surface area contributed by atoms with Crippen molar-refractivity contribution in [2.24, 2.45) is 5.92 Å². The molecule has 108 valence electrons. The van der Waals surface area contributed by atoms with Crippen LogP contribution in [0.4, 0.5) is 0 Å². The molecular weight excluding hydrogens is 244 g/mol. The highest BCUT2D eigenvalue weighted by Gasteiger charge is 2.40. The predicted molar refractivity (Wildman–Crippen MR) is 71.4 cm³/mol. The van der Waals surface area contributed by atoms with Crippen LogP contribution in [0, 0.1) is 5.92 Å². The van der Waals surface area contributed by atoms with E-state index >= 15 is 0 Å². The number of hydrogen-bond donors (Lipinski definition) is 1. The molecule has 0 aromatic rings. The molecule has 2 heterocycles. The highest BCUT2D eigenvalue weighted by Crippen LogP contribution is 2.26. The van der Waals surface area contributed by atoms with Crippen LogP contribution in [0.15, 0.2) is 0 Å². The fourth-order valence-electron chi connectivity index (χ4n) is 3.06. The molecule has 5 nitrogen and oxygen atoms in total. The molecule has 2 fully saturated rings. The minimum Gasteiger partial charge on any atom is -0.388 e. The molecule has 5 heteroatoms. The second kappa shape index (κ2) is 5.12. The minimum absolute atomic E-state index is 0.0245. The van der Waals surface area contributed by atoms with E-state index in [1.54, 1.807) is 16.7 Å². The van der Waals surface area contributed by atoms with E-state index in [1.165, 1.54) is 0 Å². The van der Waals surface area contributed by atoms with Crippen molar-refractivity contribution in [1.82, 2.24) is 9.80 Å². The lowest BCUT2D eigenvalue weighted by Crippen LogP contribution is -2.50. The van der Waals surface area contributed by atoms with Crippen molar-refractivity contribution in [3.05, 3.63) is 0 Å². The number of rotatable bonds is 2. The average molecular weight is 268 g/mol. The van der Waals surface area contributed by atoms with Gasteiger partial charge in [-0.05, 0) is 33.6 Å². The van der Waals surface area contributed by atoms with Gasteiger partial charge in [0.15, 0.2) is 0 Å². The van der Waals surface area contributed by atoms with Crippen LogP contribution in [0.3, 0.4) is 0 Å². The van der Waals surface area contributed by atoms with Gasteiger partial charge in [-0.15, -0.1) is 0 Å². The molecule has 2 rings (SSSR count). The Balaban J connectivity index is 1.99. The van der Waals surface area contributed by atoms with Crippen LogP contribution in [0.25, 0.3) is 0 Å². The fourth-order valence-corrected chi connectivity index (χ4v) is 3.06. The Labute approximate surface area is 114 Å².